The number of aliphatic hydroxyl groups is 1. The number of aliphatic hydroxyl groups excluding tert-OH is 1. The Morgan fingerprint density at radius 3 is 3.00 bits per heavy atom. The van der Waals surface area contributed by atoms with Crippen molar-refractivity contribution in [1.29, 1.82) is 0 Å². The molecule has 1 heterocycles. The number of nitrogens with zero attached hydrogens (tertiary/aromatic N) is 1. The Morgan fingerprint density at radius 2 is 2.50 bits per heavy atom. The number of amides is 1. The standard InChI is InChI=1S/C8H16N2O2/c1-6(11)8(12)10-4-2-3-7(10)5-9/h6-7,11H,2-5,9H2,1H3/t6?,7-/m0/s1. The second-order valence-corrected chi connectivity index (χ2v) is 3.24. The number of rotatable bonds is 2. The molecule has 70 valence electrons. The average molecular weight is 172 g/mol. The molecule has 1 aliphatic heterocycles. The third-order valence-electron chi connectivity index (χ3n) is 2.29. The second-order valence-electron chi connectivity index (χ2n) is 3.24. The minimum atomic E-state index is -0.892. The maximum absolute atomic E-state index is 11.3. The maximum atomic E-state index is 11.3. The normalized spacial score (nSPS) is 25.9. The van der Waals surface area contributed by atoms with Crippen molar-refractivity contribution in [2.24, 2.45) is 5.73 Å². The zero-order chi connectivity index (χ0) is 9.14. The average Bonchev–Trinajstić information content (AvgIpc) is 2.49. The Balaban J connectivity index is 2.55. The molecule has 0 aromatic rings. The largest absolute Gasteiger partial charge is 0.384 e. The van der Waals surface area contributed by atoms with Gasteiger partial charge in [-0.05, 0) is 19.8 Å². The molecule has 4 nitrogen and oxygen atoms in total. The highest BCUT2D eigenvalue weighted by Crippen LogP contribution is 2.16. The smallest absolute Gasteiger partial charge is 0.251 e. The summed E-state index contributed by atoms with van der Waals surface area (Å²) in [4.78, 5) is 13.0. The number of hydrogen-bond acceptors (Lipinski definition) is 3. The van der Waals surface area contributed by atoms with Crippen LogP contribution in [0.1, 0.15) is 19.8 Å². The highest BCUT2D eigenvalue weighted by molar-refractivity contribution is 5.80. The molecule has 12 heavy (non-hydrogen) atoms. The Bertz CT molecular complexity index is 170. The molecule has 0 aliphatic carbocycles. The first kappa shape index (κ1) is 9.48. The number of carbonyl (C=O) groups is 1. The lowest BCUT2D eigenvalue weighted by Crippen LogP contribution is -2.44. The van der Waals surface area contributed by atoms with Gasteiger partial charge in [0, 0.05) is 19.1 Å². The molecule has 0 radical (unpaired) electrons. The van der Waals surface area contributed by atoms with E-state index in [0.29, 0.717) is 6.54 Å². The van der Waals surface area contributed by atoms with Gasteiger partial charge in [-0.2, -0.15) is 0 Å². The molecule has 0 aromatic heterocycles. The first-order valence-corrected chi connectivity index (χ1v) is 4.35. The van der Waals surface area contributed by atoms with E-state index in [1.807, 2.05) is 0 Å². The van der Waals surface area contributed by atoms with Crippen LogP contribution in [0.2, 0.25) is 0 Å². The summed E-state index contributed by atoms with van der Waals surface area (Å²) < 4.78 is 0. The maximum Gasteiger partial charge on any atom is 0.251 e. The molecule has 1 fully saturated rings. The van der Waals surface area contributed by atoms with Crippen LogP contribution in [0.3, 0.4) is 0 Å². The molecule has 2 atom stereocenters. The Hall–Kier alpha value is -0.610. The van der Waals surface area contributed by atoms with Crippen molar-refractivity contribution in [2.45, 2.75) is 31.9 Å². The van der Waals surface area contributed by atoms with Gasteiger partial charge in [-0.25, -0.2) is 0 Å². The van der Waals surface area contributed by atoms with Crippen LogP contribution in [0.15, 0.2) is 0 Å². The lowest BCUT2D eigenvalue weighted by molar-refractivity contribution is -0.139. The second kappa shape index (κ2) is 3.87. The summed E-state index contributed by atoms with van der Waals surface area (Å²) in [6.07, 6.45) is 1.08. The molecule has 3 N–H and O–H groups in total. The van der Waals surface area contributed by atoms with Gasteiger partial charge in [0.05, 0.1) is 0 Å². The van der Waals surface area contributed by atoms with Crippen LogP contribution in [-0.2, 0) is 4.79 Å². The van der Waals surface area contributed by atoms with Gasteiger partial charge < -0.3 is 15.7 Å². The van der Waals surface area contributed by atoms with Crippen molar-refractivity contribution < 1.29 is 9.90 Å². The monoisotopic (exact) mass is 172 g/mol. The number of hydrogen-bond donors (Lipinski definition) is 2. The molecule has 1 rings (SSSR count). The van der Waals surface area contributed by atoms with E-state index < -0.39 is 6.10 Å². The van der Waals surface area contributed by atoms with Crippen molar-refractivity contribution in [3.63, 3.8) is 0 Å². The van der Waals surface area contributed by atoms with Crippen molar-refractivity contribution in [3.8, 4) is 0 Å². The van der Waals surface area contributed by atoms with Crippen LogP contribution in [0.5, 0.6) is 0 Å². The van der Waals surface area contributed by atoms with Crippen LogP contribution >= 0.6 is 0 Å². The number of nitrogens with two attached hydrogens (primary N) is 1. The molecule has 0 spiro atoms. The van der Waals surface area contributed by atoms with Crippen molar-refractivity contribution >= 4 is 5.91 Å². The van der Waals surface area contributed by atoms with Crippen LogP contribution < -0.4 is 5.73 Å². The quantitative estimate of drug-likeness (QED) is 0.580. The van der Waals surface area contributed by atoms with Crippen LogP contribution in [-0.4, -0.2) is 41.1 Å². The Morgan fingerprint density at radius 1 is 1.83 bits per heavy atom. The molecular formula is C8H16N2O2. The van der Waals surface area contributed by atoms with Crippen molar-refractivity contribution in [3.05, 3.63) is 0 Å². The molecule has 0 bridgehead atoms. The summed E-state index contributed by atoms with van der Waals surface area (Å²) in [5, 5.41) is 9.06. The first-order chi connectivity index (χ1) is 5.66. The molecule has 0 aromatic carbocycles. The summed E-state index contributed by atoms with van der Waals surface area (Å²) in [6, 6.07) is 0.145. The van der Waals surface area contributed by atoms with E-state index in [1.165, 1.54) is 6.92 Å². The Kier molecular flexibility index (Phi) is 3.05. The third kappa shape index (κ3) is 1.76. The topological polar surface area (TPSA) is 66.6 Å². The van der Waals surface area contributed by atoms with E-state index in [-0.39, 0.29) is 11.9 Å². The molecule has 1 saturated heterocycles. The van der Waals surface area contributed by atoms with E-state index >= 15 is 0 Å². The summed E-state index contributed by atoms with van der Waals surface area (Å²) in [5.74, 6) is -0.192. The van der Waals surface area contributed by atoms with Gasteiger partial charge in [-0.15, -0.1) is 0 Å². The summed E-state index contributed by atoms with van der Waals surface area (Å²) in [5.41, 5.74) is 5.49. The van der Waals surface area contributed by atoms with Crippen molar-refractivity contribution in [2.75, 3.05) is 13.1 Å². The van der Waals surface area contributed by atoms with Crippen LogP contribution in [0.4, 0.5) is 0 Å². The van der Waals surface area contributed by atoms with Crippen molar-refractivity contribution in [1.82, 2.24) is 4.90 Å². The minimum absolute atomic E-state index is 0.145. The number of likely N-dealkylation sites (tertiary alicyclic amines) is 1. The molecule has 1 amide bonds. The zero-order valence-corrected chi connectivity index (χ0v) is 7.36. The van der Waals surface area contributed by atoms with Crippen LogP contribution in [0.25, 0.3) is 0 Å². The minimum Gasteiger partial charge on any atom is -0.384 e. The van der Waals surface area contributed by atoms with Gasteiger partial charge in [-0.1, -0.05) is 0 Å². The summed E-state index contributed by atoms with van der Waals surface area (Å²) in [7, 11) is 0. The van der Waals surface area contributed by atoms with E-state index in [2.05, 4.69) is 0 Å². The zero-order valence-electron chi connectivity index (χ0n) is 7.36. The van der Waals surface area contributed by atoms with Gasteiger partial charge in [0.1, 0.15) is 6.10 Å². The van der Waals surface area contributed by atoms with Gasteiger partial charge in [-0.3, -0.25) is 4.79 Å². The fraction of sp³-hybridized carbons (Fsp3) is 0.875. The van der Waals surface area contributed by atoms with Crippen LogP contribution in [0, 0.1) is 0 Å². The molecule has 1 aliphatic rings. The summed E-state index contributed by atoms with van der Waals surface area (Å²) >= 11 is 0. The van der Waals surface area contributed by atoms with E-state index in [9.17, 15) is 4.79 Å². The highest BCUT2D eigenvalue weighted by atomic mass is 16.3. The number of carbonyl (C=O) groups excluding carboxylic acids is 1. The van der Waals surface area contributed by atoms with Gasteiger partial charge >= 0.3 is 0 Å². The molecule has 1 unspecified atom stereocenters. The first-order valence-electron chi connectivity index (χ1n) is 4.35. The highest BCUT2D eigenvalue weighted by Gasteiger charge is 2.29. The lowest BCUT2D eigenvalue weighted by atomic mass is 10.2. The van der Waals surface area contributed by atoms with E-state index in [1.54, 1.807) is 4.90 Å². The predicted octanol–water partition coefficient (Wildman–Crippen LogP) is -0.683. The Labute approximate surface area is 72.3 Å². The SMILES string of the molecule is CC(O)C(=O)N1CCC[C@H]1CN. The van der Waals surface area contributed by atoms with Gasteiger partial charge in [0.2, 0.25) is 0 Å². The third-order valence-corrected chi connectivity index (χ3v) is 2.29. The van der Waals surface area contributed by atoms with E-state index in [4.69, 9.17) is 10.8 Å². The molecular weight excluding hydrogens is 156 g/mol. The fourth-order valence-corrected chi connectivity index (χ4v) is 1.61. The predicted molar refractivity (Wildman–Crippen MR) is 45.5 cm³/mol. The van der Waals surface area contributed by atoms with Gasteiger partial charge in [0.15, 0.2) is 0 Å². The lowest BCUT2D eigenvalue weighted by Gasteiger charge is -2.24. The fourth-order valence-electron chi connectivity index (χ4n) is 1.61. The van der Waals surface area contributed by atoms with Gasteiger partial charge in [0.25, 0.3) is 5.91 Å². The summed E-state index contributed by atoms with van der Waals surface area (Å²) in [6.45, 7) is 2.73. The van der Waals surface area contributed by atoms with E-state index in [0.717, 1.165) is 19.4 Å². The molecule has 4 heteroatoms. The molecule has 0 saturated carbocycles.